The van der Waals surface area contributed by atoms with Gasteiger partial charge in [0, 0.05) is 29.9 Å². The molecule has 1 saturated heterocycles. The van der Waals surface area contributed by atoms with E-state index in [-0.39, 0.29) is 5.91 Å². The molecule has 3 rings (SSSR count). The molecule has 1 unspecified atom stereocenters. The molecule has 1 atom stereocenters. The maximum absolute atomic E-state index is 12.2. The summed E-state index contributed by atoms with van der Waals surface area (Å²) in [6, 6.07) is 7.49. The molecule has 108 valence electrons. The van der Waals surface area contributed by atoms with Crippen LogP contribution in [-0.4, -0.2) is 23.4 Å². The molecule has 1 aromatic carbocycles. The number of fused-ring (bicyclic) bond motifs is 1. The van der Waals surface area contributed by atoms with Crippen molar-refractivity contribution in [3.8, 4) is 0 Å². The number of hydrogen-bond acceptors (Lipinski definition) is 3. The van der Waals surface area contributed by atoms with Crippen molar-refractivity contribution in [1.82, 2.24) is 15.6 Å². The van der Waals surface area contributed by atoms with Crippen molar-refractivity contribution >= 4 is 22.6 Å². The van der Waals surface area contributed by atoms with Gasteiger partial charge in [-0.3, -0.25) is 20.1 Å². The summed E-state index contributed by atoms with van der Waals surface area (Å²) < 4.78 is 0. The minimum absolute atomic E-state index is 0.0874. The van der Waals surface area contributed by atoms with Crippen LogP contribution in [0.5, 0.6) is 0 Å². The van der Waals surface area contributed by atoms with Crippen LogP contribution in [0.25, 0.3) is 10.8 Å². The van der Waals surface area contributed by atoms with Crippen molar-refractivity contribution in [2.45, 2.75) is 19.9 Å². The van der Waals surface area contributed by atoms with Crippen molar-refractivity contribution in [1.29, 1.82) is 0 Å². The molecule has 2 heterocycles. The van der Waals surface area contributed by atoms with Crippen LogP contribution >= 0.6 is 0 Å². The highest BCUT2D eigenvalue weighted by Gasteiger charge is 2.30. The molecule has 1 aliphatic rings. The van der Waals surface area contributed by atoms with Gasteiger partial charge in [-0.2, -0.15) is 0 Å². The molecule has 0 aliphatic carbocycles. The maximum Gasteiger partial charge on any atom is 0.253 e. The lowest BCUT2D eigenvalue weighted by Gasteiger charge is -2.11. The summed E-state index contributed by atoms with van der Waals surface area (Å²) in [5.41, 5.74) is 0.875. The fraction of sp³-hybridized carbons (Fsp3) is 0.312. The van der Waals surface area contributed by atoms with Crippen molar-refractivity contribution < 1.29 is 4.79 Å². The van der Waals surface area contributed by atoms with E-state index in [0.29, 0.717) is 18.4 Å². The van der Waals surface area contributed by atoms with Crippen molar-refractivity contribution in [3.05, 3.63) is 42.2 Å². The summed E-state index contributed by atoms with van der Waals surface area (Å²) in [6.45, 7) is 4.86. The fourth-order valence-electron chi connectivity index (χ4n) is 2.38. The third-order valence-electron chi connectivity index (χ3n) is 3.41. The summed E-state index contributed by atoms with van der Waals surface area (Å²) in [5.74, 6) is 0.914. The predicted octanol–water partition coefficient (Wildman–Crippen LogP) is 2.01. The van der Waals surface area contributed by atoms with E-state index in [2.05, 4.69) is 34.5 Å². The number of benzene rings is 1. The number of aromatic nitrogens is 1. The summed E-state index contributed by atoms with van der Waals surface area (Å²) in [6.07, 6.45) is 3.55. The van der Waals surface area contributed by atoms with E-state index in [1.807, 2.05) is 24.3 Å². The molecule has 1 aliphatic heterocycles. The summed E-state index contributed by atoms with van der Waals surface area (Å²) >= 11 is 0. The van der Waals surface area contributed by atoms with Gasteiger partial charge in [0.1, 0.15) is 6.04 Å². The smallest absolute Gasteiger partial charge is 0.253 e. The monoisotopic (exact) mass is 282 g/mol. The van der Waals surface area contributed by atoms with Gasteiger partial charge in [-0.05, 0) is 11.3 Å². The Morgan fingerprint density at radius 3 is 2.90 bits per heavy atom. The van der Waals surface area contributed by atoms with Crippen LogP contribution in [0.1, 0.15) is 25.5 Å². The van der Waals surface area contributed by atoms with Crippen molar-refractivity contribution in [2.24, 2.45) is 10.9 Å². The normalized spacial score (nSPS) is 20.0. The molecule has 5 nitrogen and oxygen atoms in total. The number of carbonyl (C=O) groups excluding carboxylic acids is 1. The zero-order chi connectivity index (χ0) is 14.8. The van der Waals surface area contributed by atoms with E-state index in [9.17, 15) is 4.79 Å². The van der Waals surface area contributed by atoms with E-state index < -0.39 is 6.04 Å². The Balaban J connectivity index is 1.93. The quantitative estimate of drug-likeness (QED) is 0.905. The Morgan fingerprint density at radius 1 is 1.29 bits per heavy atom. The van der Waals surface area contributed by atoms with Crippen molar-refractivity contribution in [2.75, 3.05) is 6.54 Å². The maximum atomic E-state index is 12.2. The van der Waals surface area contributed by atoms with Crippen LogP contribution in [-0.2, 0) is 4.79 Å². The number of nitrogens with zero attached hydrogens (tertiary/aromatic N) is 2. The molecule has 2 aromatic rings. The average molecular weight is 282 g/mol. The van der Waals surface area contributed by atoms with Gasteiger partial charge in [0.25, 0.3) is 5.91 Å². The van der Waals surface area contributed by atoms with E-state index in [4.69, 9.17) is 0 Å². The summed E-state index contributed by atoms with van der Waals surface area (Å²) in [7, 11) is 0. The third-order valence-corrected chi connectivity index (χ3v) is 3.41. The molecule has 1 amide bonds. The molecule has 0 bridgehead atoms. The lowest BCUT2D eigenvalue weighted by Crippen LogP contribution is -2.26. The van der Waals surface area contributed by atoms with E-state index in [1.54, 1.807) is 12.4 Å². The van der Waals surface area contributed by atoms with Crippen LogP contribution in [0.2, 0.25) is 0 Å². The molecule has 21 heavy (non-hydrogen) atoms. The Bertz CT molecular complexity index is 703. The second kappa shape index (κ2) is 5.52. The zero-order valence-corrected chi connectivity index (χ0v) is 12.1. The Hall–Kier alpha value is -2.43. The van der Waals surface area contributed by atoms with E-state index >= 15 is 0 Å². The lowest BCUT2D eigenvalue weighted by atomic mass is 10.0. The molecule has 5 heteroatoms. The second-order valence-electron chi connectivity index (χ2n) is 5.60. The number of carbonyl (C=O) groups is 1. The highest BCUT2D eigenvalue weighted by atomic mass is 16.2. The van der Waals surface area contributed by atoms with Gasteiger partial charge in [0.15, 0.2) is 5.96 Å². The molecular weight excluding hydrogens is 264 g/mol. The van der Waals surface area contributed by atoms with Gasteiger partial charge in [0.05, 0.1) is 0 Å². The topological polar surface area (TPSA) is 66.4 Å². The molecule has 2 N–H and O–H groups in total. The standard InChI is InChI=1S/C16H18N4O/c1-10(2)7-18-16-19-14(15(21)20-16)13-9-17-8-11-5-3-4-6-12(11)13/h3-6,8-10,14H,7H2,1-2H3,(H2,18,19,20,21). The number of rotatable bonds is 3. The number of hydrogen-bond donors (Lipinski definition) is 2. The Kier molecular flexibility index (Phi) is 3.56. The molecular formula is C16H18N4O. The highest BCUT2D eigenvalue weighted by Crippen LogP contribution is 2.24. The van der Waals surface area contributed by atoms with Crippen LogP contribution in [0.15, 0.2) is 41.7 Å². The first kappa shape index (κ1) is 13.5. The van der Waals surface area contributed by atoms with E-state index in [1.165, 1.54) is 0 Å². The van der Waals surface area contributed by atoms with Crippen LogP contribution < -0.4 is 10.6 Å². The van der Waals surface area contributed by atoms with Crippen LogP contribution in [0.4, 0.5) is 0 Å². The third kappa shape index (κ3) is 2.72. The molecule has 0 spiro atoms. The van der Waals surface area contributed by atoms with Crippen LogP contribution in [0, 0.1) is 5.92 Å². The van der Waals surface area contributed by atoms with Gasteiger partial charge in [-0.1, -0.05) is 38.1 Å². The van der Waals surface area contributed by atoms with Crippen LogP contribution in [0.3, 0.4) is 0 Å². The largest absolute Gasteiger partial charge is 0.340 e. The minimum Gasteiger partial charge on any atom is -0.340 e. The molecule has 0 radical (unpaired) electrons. The Morgan fingerprint density at radius 2 is 2.10 bits per heavy atom. The summed E-state index contributed by atoms with van der Waals surface area (Å²) in [5, 5.41) is 8.01. The Labute approximate surface area is 123 Å². The first-order valence-electron chi connectivity index (χ1n) is 7.09. The van der Waals surface area contributed by atoms with Gasteiger partial charge >= 0.3 is 0 Å². The molecule has 0 saturated carbocycles. The molecule has 1 fully saturated rings. The van der Waals surface area contributed by atoms with E-state index in [0.717, 1.165) is 16.3 Å². The predicted molar refractivity (Wildman–Crippen MR) is 82.9 cm³/mol. The lowest BCUT2D eigenvalue weighted by molar-refractivity contribution is -0.120. The first-order valence-corrected chi connectivity index (χ1v) is 7.09. The second-order valence-corrected chi connectivity index (χ2v) is 5.60. The number of nitrogens with one attached hydrogen (secondary N) is 2. The SMILES string of the molecule is CC(C)CN=C1NC(=O)C(c2cncc3ccccc23)N1. The van der Waals surface area contributed by atoms with Gasteiger partial charge in [0.2, 0.25) is 0 Å². The van der Waals surface area contributed by atoms with Gasteiger partial charge in [-0.15, -0.1) is 0 Å². The number of pyridine rings is 1. The van der Waals surface area contributed by atoms with Crippen molar-refractivity contribution in [3.63, 3.8) is 0 Å². The zero-order valence-electron chi connectivity index (χ0n) is 12.1. The average Bonchev–Trinajstić information content (AvgIpc) is 2.85. The van der Waals surface area contributed by atoms with Gasteiger partial charge < -0.3 is 5.32 Å². The number of amides is 1. The number of aliphatic imine (C=N–C) groups is 1. The number of guanidine groups is 1. The first-order chi connectivity index (χ1) is 10.1. The van der Waals surface area contributed by atoms with Gasteiger partial charge in [-0.25, -0.2) is 0 Å². The fourth-order valence-corrected chi connectivity index (χ4v) is 2.38. The highest BCUT2D eigenvalue weighted by molar-refractivity contribution is 6.08. The minimum atomic E-state index is -0.436. The molecule has 1 aromatic heterocycles. The summed E-state index contributed by atoms with van der Waals surface area (Å²) in [4.78, 5) is 20.8.